The topological polar surface area (TPSA) is 68.5 Å². The number of hydrogen-bond donors (Lipinski definition) is 1. The number of thioether (sulfide) groups is 1. The first kappa shape index (κ1) is 22.9. The number of anilines is 1. The van der Waals surface area contributed by atoms with E-state index in [0.717, 1.165) is 50.2 Å². The van der Waals surface area contributed by atoms with E-state index in [1.54, 1.807) is 7.11 Å². The molecule has 5 aromatic rings. The molecule has 0 bridgehead atoms. The lowest BCUT2D eigenvalue weighted by Crippen LogP contribution is -2.20. The number of hydrogen-bond acceptors (Lipinski definition) is 5. The van der Waals surface area contributed by atoms with Gasteiger partial charge in [0.15, 0.2) is 10.8 Å². The molecule has 0 aliphatic rings. The van der Waals surface area contributed by atoms with Crippen molar-refractivity contribution in [2.24, 2.45) is 0 Å². The van der Waals surface area contributed by atoms with E-state index in [1.807, 2.05) is 91.0 Å². The van der Waals surface area contributed by atoms with Crippen LogP contribution in [0.3, 0.4) is 0 Å². The molecular formula is C28H26N4O2S. The van der Waals surface area contributed by atoms with Crippen molar-refractivity contribution < 1.29 is 9.53 Å². The molecule has 7 heteroatoms. The van der Waals surface area contributed by atoms with Crippen molar-refractivity contribution in [3.05, 3.63) is 95.1 Å². The monoisotopic (exact) mass is 482 g/mol. The molecule has 0 spiro atoms. The molecule has 0 radical (unpaired) electrons. The minimum absolute atomic E-state index is 0.111. The fourth-order valence-electron chi connectivity index (χ4n) is 4.18. The Hall–Kier alpha value is -3.84. The number of rotatable bonds is 6. The summed E-state index contributed by atoms with van der Waals surface area (Å²) in [6, 6.07) is 23.8. The number of aryl methyl sites for hydroxylation is 3. The lowest BCUT2D eigenvalue weighted by atomic mass is 10.1. The fourth-order valence-corrected chi connectivity index (χ4v) is 5.24. The number of carbonyl (C=O) groups is 1. The number of benzene rings is 3. The van der Waals surface area contributed by atoms with Crippen LogP contribution in [0.15, 0.2) is 78.0 Å². The first-order valence-electron chi connectivity index (χ1n) is 11.4. The molecule has 1 N–H and O–H groups in total. The first-order chi connectivity index (χ1) is 16.9. The molecule has 6 nitrogen and oxygen atoms in total. The number of nitrogens with zero attached hydrogens (tertiary/aromatic N) is 3. The summed E-state index contributed by atoms with van der Waals surface area (Å²) in [7, 11) is 1.65. The molecule has 0 saturated heterocycles. The van der Waals surface area contributed by atoms with Gasteiger partial charge in [-0.25, -0.2) is 0 Å². The summed E-state index contributed by atoms with van der Waals surface area (Å²) >= 11 is 1.39. The zero-order valence-corrected chi connectivity index (χ0v) is 20.9. The average molecular weight is 483 g/mol. The van der Waals surface area contributed by atoms with Crippen LogP contribution in [0.25, 0.3) is 16.6 Å². The number of nitrogens with one attached hydrogen (secondary N) is 1. The molecule has 176 valence electrons. The second-order valence-electron chi connectivity index (χ2n) is 8.60. The van der Waals surface area contributed by atoms with Crippen LogP contribution in [0.4, 0.5) is 5.69 Å². The summed E-state index contributed by atoms with van der Waals surface area (Å²) in [6.07, 6.45) is 0. The second kappa shape index (κ2) is 9.43. The molecule has 35 heavy (non-hydrogen) atoms. The van der Waals surface area contributed by atoms with Crippen LogP contribution in [0.5, 0.6) is 5.75 Å². The van der Waals surface area contributed by atoms with E-state index in [2.05, 4.69) is 22.4 Å². The van der Waals surface area contributed by atoms with Gasteiger partial charge in [0.25, 0.3) is 0 Å². The molecule has 2 aromatic heterocycles. The molecule has 0 saturated carbocycles. The predicted octanol–water partition coefficient (Wildman–Crippen LogP) is 6.29. The second-order valence-corrected chi connectivity index (χ2v) is 9.68. The van der Waals surface area contributed by atoms with Crippen LogP contribution in [0, 0.1) is 20.8 Å². The highest BCUT2D eigenvalue weighted by Crippen LogP contribution is 2.37. The van der Waals surface area contributed by atoms with Gasteiger partial charge < -0.3 is 10.1 Å². The van der Waals surface area contributed by atoms with Gasteiger partial charge >= 0.3 is 0 Å². The van der Waals surface area contributed by atoms with Crippen LogP contribution < -0.4 is 10.1 Å². The fraction of sp³-hybridized carbons (Fsp3) is 0.179. The van der Waals surface area contributed by atoms with Crippen molar-refractivity contribution in [3.8, 4) is 5.75 Å². The first-order valence-corrected chi connectivity index (χ1v) is 12.2. The molecule has 3 aromatic carbocycles. The third kappa shape index (κ3) is 4.47. The van der Waals surface area contributed by atoms with Gasteiger partial charge in [-0.15, -0.1) is 10.2 Å². The largest absolute Gasteiger partial charge is 0.497 e. The Bertz CT molecular complexity index is 1550. The van der Waals surface area contributed by atoms with Crippen molar-refractivity contribution in [1.82, 2.24) is 14.6 Å². The average Bonchev–Trinajstić information content (AvgIpc) is 3.27. The number of pyridine rings is 1. The van der Waals surface area contributed by atoms with Crippen molar-refractivity contribution in [2.45, 2.75) is 31.2 Å². The van der Waals surface area contributed by atoms with Gasteiger partial charge in [-0.1, -0.05) is 54.2 Å². The number of ether oxygens (including phenoxy) is 1. The summed E-state index contributed by atoms with van der Waals surface area (Å²) < 4.78 is 7.47. The minimum atomic E-state index is -0.523. The van der Waals surface area contributed by atoms with Crippen LogP contribution >= 0.6 is 11.8 Å². The zero-order valence-electron chi connectivity index (χ0n) is 20.1. The number of methoxy groups -OCH3 is 1. The molecule has 0 aliphatic heterocycles. The van der Waals surface area contributed by atoms with Gasteiger partial charge in [0, 0.05) is 17.1 Å². The number of aromatic nitrogens is 3. The van der Waals surface area contributed by atoms with Gasteiger partial charge in [-0.05, 0) is 67.3 Å². The van der Waals surface area contributed by atoms with Crippen molar-refractivity contribution >= 4 is 39.9 Å². The standard InChI is InChI=1S/C28H26N4O2S/c1-17-10-11-18(2)23(14-17)29-27(33)26(20-8-6-5-7-9-20)35-28-31-30-25-15-19(3)22-13-12-21(34-4)16-24(22)32(25)28/h5-16,26H,1-4H3,(H,29,33). The molecular weight excluding hydrogens is 456 g/mol. The Kier molecular flexibility index (Phi) is 6.17. The van der Waals surface area contributed by atoms with E-state index in [4.69, 9.17) is 4.74 Å². The normalized spacial score (nSPS) is 12.1. The summed E-state index contributed by atoms with van der Waals surface area (Å²) in [5, 5.41) is 13.2. The highest BCUT2D eigenvalue weighted by Gasteiger charge is 2.26. The highest BCUT2D eigenvalue weighted by molar-refractivity contribution is 8.00. The molecule has 2 heterocycles. The smallest absolute Gasteiger partial charge is 0.242 e. The molecule has 1 atom stereocenters. The van der Waals surface area contributed by atoms with E-state index >= 15 is 0 Å². The Morgan fingerprint density at radius 1 is 0.943 bits per heavy atom. The quantitative estimate of drug-likeness (QED) is 0.288. The summed E-state index contributed by atoms with van der Waals surface area (Å²) in [5.41, 5.74) is 6.59. The molecule has 1 unspecified atom stereocenters. The summed E-state index contributed by atoms with van der Waals surface area (Å²) in [6.45, 7) is 6.07. The van der Waals surface area contributed by atoms with E-state index < -0.39 is 5.25 Å². The SMILES string of the molecule is COc1ccc2c(C)cc3nnc(SC(C(=O)Nc4cc(C)ccc4C)c4ccccc4)n3c2c1. The van der Waals surface area contributed by atoms with E-state index in [0.29, 0.717) is 5.16 Å². The van der Waals surface area contributed by atoms with E-state index in [1.165, 1.54) is 11.8 Å². The van der Waals surface area contributed by atoms with Gasteiger partial charge in [-0.3, -0.25) is 9.20 Å². The molecule has 0 fully saturated rings. The zero-order chi connectivity index (χ0) is 24.5. The van der Waals surface area contributed by atoms with Crippen molar-refractivity contribution in [1.29, 1.82) is 0 Å². The summed E-state index contributed by atoms with van der Waals surface area (Å²) in [5.74, 6) is 0.641. The maximum atomic E-state index is 13.6. The van der Waals surface area contributed by atoms with Crippen molar-refractivity contribution in [3.63, 3.8) is 0 Å². The van der Waals surface area contributed by atoms with E-state index in [9.17, 15) is 4.79 Å². The Labute approximate surface area is 208 Å². The number of amides is 1. The van der Waals surface area contributed by atoms with Crippen LogP contribution in [-0.4, -0.2) is 27.6 Å². The third-order valence-corrected chi connectivity index (χ3v) is 7.29. The molecule has 5 rings (SSSR count). The molecule has 0 aliphatic carbocycles. The Balaban J connectivity index is 1.60. The number of carbonyl (C=O) groups excluding carboxylic acids is 1. The van der Waals surface area contributed by atoms with Gasteiger partial charge in [0.05, 0.1) is 12.6 Å². The maximum Gasteiger partial charge on any atom is 0.242 e. The Morgan fingerprint density at radius 2 is 1.74 bits per heavy atom. The summed E-state index contributed by atoms with van der Waals surface area (Å²) in [4.78, 5) is 13.6. The lowest BCUT2D eigenvalue weighted by molar-refractivity contribution is -0.115. The lowest BCUT2D eigenvalue weighted by Gasteiger charge is -2.18. The number of fused-ring (bicyclic) bond motifs is 3. The van der Waals surface area contributed by atoms with E-state index in [-0.39, 0.29) is 5.91 Å². The molecule has 1 amide bonds. The van der Waals surface area contributed by atoms with Crippen LogP contribution in [0.1, 0.15) is 27.5 Å². The van der Waals surface area contributed by atoms with Gasteiger partial charge in [-0.2, -0.15) is 0 Å². The third-order valence-electron chi connectivity index (χ3n) is 6.09. The van der Waals surface area contributed by atoms with Crippen LogP contribution in [-0.2, 0) is 4.79 Å². The van der Waals surface area contributed by atoms with Gasteiger partial charge in [0.1, 0.15) is 11.0 Å². The maximum absolute atomic E-state index is 13.6. The minimum Gasteiger partial charge on any atom is -0.497 e. The Morgan fingerprint density at radius 3 is 2.51 bits per heavy atom. The predicted molar refractivity (Wildman–Crippen MR) is 141 cm³/mol. The van der Waals surface area contributed by atoms with Gasteiger partial charge in [0.2, 0.25) is 5.91 Å². The van der Waals surface area contributed by atoms with Crippen molar-refractivity contribution in [2.75, 3.05) is 12.4 Å². The van der Waals surface area contributed by atoms with Crippen LogP contribution in [0.2, 0.25) is 0 Å². The highest BCUT2D eigenvalue weighted by atomic mass is 32.2.